The van der Waals surface area contributed by atoms with Crippen LogP contribution in [0.5, 0.6) is 0 Å². The summed E-state index contributed by atoms with van der Waals surface area (Å²) in [7, 11) is -4.74. The first-order valence-electron chi connectivity index (χ1n) is 19.5. The highest BCUT2D eigenvalue weighted by atomic mass is 31.2. The van der Waals surface area contributed by atoms with Gasteiger partial charge in [0.25, 0.3) is 0 Å². The minimum atomic E-state index is -4.74. The monoisotopic (exact) mass is 765 g/mol. The lowest BCUT2D eigenvalue weighted by molar-refractivity contribution is -0.161. The molecule has 0 heterocycles. The largest absolute Gasteiger partial charge is 0.480 e. The number of carbonyl (C=O) groups is 3. The number of carboxylic acid groups (broad SMARTS) is 1. The molecule has 12 heteroatoms. The Morgan fingerprint density at radius 2 is 1.09 bits per heavy atom. The number of hydrogen-bond acceptors (Lipinski definition) is 9. The van der Waals surface area contributed by atoms with Gasteiger partial charge in [-0.2, -0.15) is 0 Å². The average Bonchev–Trinajstić information content (AvgIpc) is 3.13. The average molecular weight is 766 g/mol. The van der Waals surface area contributed by atoms with Crippen molar-refractivity contribution < 1.29 is 47.5 Å². The number of nitrogens with two attached hydrogens (primary N) is 1. The van der Waals surface area contributed by atoms with Crippen LogP contribution in [0.3, 0.4) is 0 Å². The summed E-state index contributed by atoms with van der Waals surface area (Å²) < 4.78 is 32.5. The van der Waals surface area contributed by atoms with Gasteiger partial charge in [0, 0.05) is 12.8 Å². The number of hydrogen-bond donors (Lipinski definition) is 3. The van der Waals surface area contributed by atoms with Crippen LogP contribution in [0, 0.1) is 0 Å². The number of carbonyl (C=O) groups excluding carboxylic acids is 2. The molecular weight excluding hydrogens is 697 g/mol. The number of unbranched alkanes of at least 4 members (excludes halogenated alkanes) is 13. The maximum Gasteiger partial charge on any atom is 0.472 e. The SMILES string of the molecule is CC/C=C/C=C/C=C/C=C/C=C/CCCC(=O)OC(COC(=O)CCCCCCC/C=C/CCCCCCCCC)COP(=O)(O)OC[C@H](N)C(=O)O. The van der Waals surface area contributed by atoms with E-state index in [1.165, 1.54) is 44.9 Å². The van der Waals surface area contributed by atoms with Crippen LogP contribution in [0.25, 0.3) is 0 Å². The highest BCUT2D eigenvalue weighted by Crippen LogP contribution is 2.43. The molecule has 0 rings (SSSR count). The Bertz CT molecular complexity index is 1180. The summed E-state index contributed by atoms with van der Waals surface area (Å²) in [6.07, 6.45) is 41.3. The van der Waals surface area contributed by atoms with Crippen LogP contribution in [-0.4, -0.2) is 59.9 Å². The number of carboxylic acids is 1. The number of allylic oxidation sites excluding steroid dienone is 12. The van der Waals surface area contributed by atoms with Crippen molar-refractivity contribution in [1.82, 2.24) is 0 Å². The Morgan fingerprint density at radius 1 is 0.604 bits per heavy atom. The first kappa shape index (κ1) is 49.9. The topological polar surface area (TPSA) is 172 Å². The predicted octanol–water partition coefficient (Wildman–Crippen LogP) is 9.78. The smallest absolute Gasteiger partial charge is 0.472 e. The van der Waals surface area contributed by atoms with E-state index in [1.54, 1.807) is 0 Å². The molecular formula is C41H68NO10P. The van der Waals surface area contributed by atoms with Gasteiger partial charge < -0.3 is 25.2 Å². The minimum Gasteiger partial charge on any atom is -0.480 e. The fraction of sp³-hybridized carbons (Fsp3) is 0.634. The second-order valence-electron chi connectivity index (χ2n) is 12.8. The molecule has 0 aromatic rings. The molecule has 2 unspecified atom stereocenters. The first-order chi connectivity index (χ1) is 25.6. The van der Waals surface area contributed by atoms with Crippen LogP contribution >= 0.6 is 7.82 Å². The fourth-order valence-corrected chi connectivity index (χ4v) is 5.51. The number of aliphatic carboxylic acids is 1. The van der Waals surface area contributed by atoms with Gasteiger partial charge in [-0.3, -0.25) is 23.4 Å². The molecule has 0 spiro atoms. The zero-order valence-corrected chi connectivity index (χ0v) is 33.2. The molecule has 11 nitrogen and oxygen atoms in total. The van der Waals surface area contributed by atoms with Gasteiger partial charge in [-0.15, -0.1) is 0 Å². The van der Waals surface area contributed by atoms with Crippen LogP contribution < -0.4 is 5.73 Å². The van der Waals surface area contributed by atoms with Gasteiger partial charge in [0.2, 0.25) is 0 Å². The molecule has 0 aromatic carbocycles. The van der Waals surface area contributed by atoms with Gasteiger partial charge in [-0.05, 0) is 51.4 Å². The van der Waals surface area contributed by atoms with Gasteiger partial charge in [-0.1, -0.05) is 145 Å². The third-order valence-corrected chi connectivity index (χ3v) is 8.77. The van der Waals surface area contributed by atoms with Crippen molar-refractivity contribution in [3.8, 4) is 0 Å². The van der Waals surface area contributed by atoms with Gasteiger partial charge in [-0.25, -0.2) is 4.57 Å². The summed E-state index contributed by atoms with van der Waals surface area (Å²) in [5.41, 5.74) is 5.31. The van der Waals surface area contributed by atoms with Gasteiger partial charge in [0.05, 0.1) is 13.2 Å². The van der Waals surface area contributed by atoms with Crippen LogP contribution in [0.1, 0.15) is 136 Å². The molecule has 53 heavy (non-hydrogen) atoms. The third kappa shape index (κ3) is 35.7. The minimum absolute atomic E-state index is 0.0597. The van der Waals surface area contributed by atoms with Gasteiger partial charge >= 0.3 is 25.7 Å². The first-order valence-corrected chi connectivity index (χ1v) is 21.0. The van der Waals surface area contributed by atoms with E-state index in [0.29, 0.717) is 19.3 Å². The third-order valence-electron chi connectivity index (χ3n) is 7.82. The molecule has 0 fully saturated rings. The van der Waals surface area contributed by atoms with Gasteiger partial charge in [0.1, 0.15) is 12.6 Å². The van der Waals surface area contributed by atoms with E-state index < -0.39 is 51.1 Å². The van der Waals surface area contributed by atoms with Crippen molar-refractivity contribution in [2.75, 3.05) is 19.8 Å². The lowest BCUT2D eigenvalue weighted by atomic mass is 10.1. The molecule has 0 aliphatic heterocycles. The fourth-order valence-electron chi connectivity index (χ4n) is 4.73. The number of phosphoric ester groups is 1. The zero-order valence-electron chi connectivity index (χ0n) is 32.3. The maximum atomic E-state index is 12.5. The molecule has 0 bridgehead atoms. The molecule has 0 aliphatic carbocycles. The lowest BCUT2D eigenvalue weighted by Crippen LogP contribution is -2.34. The maximum absolute atomic E-state index is 12.5. The Hall–Kier alpha value is -3.08. The molecule has 0 saturated heterocycles. The van der Waals surface area contributed by atoms with E-state index in [1.807, 2.05) is 54.7 Å². The summed E-state index contributed by atoms with van der Waals surface area (Å²) in [5.74, 6) is -2.50. The number of esters is 2. The normalized spacial score (nSPS) is 14.6. The Kier molecular flexibility index (Phi) is 33.8. The molecule has 0 saturated carbocycles. The van der Waals surface area contributed by atoms with Crippen molar-refractivity contribution in [3.05, 3.63) is 72.9 Å². The van der Waals surface area contributed by atoms with Crippen LogP contribution in [0.15, 0.2) is 72.9 Å². The second kappa shape index (κ2) is 35.9. The summed E-state index contributed by atoms with van der Waals surface area (Å²) in [6, 6.07) is -1.54. The summed E-state index contributed by atoms with van der Waals surface area (Å²) in [5, 5.41) is 8.86. The van der Waals surface area contributed by atoms with Crippen molar-refractivity contribution in [2.45, 2.75) is 148 Å². The molecule has 4 N–H and O–H groups in total. The van der Waals surface area contributed by atoms with E-state index in [-0.39, 0.29) is 19.4 Å². The molecule has 302 valence electrons. The van der Waals surface area contributed by atoms with Crippen molar-refractivity contribution >= 4 is 25.7 Å². The number of phosphoric acid groups is 1. The summed E-state index contributed by atoms with van der Waals surface area (Å²) in [4.78, 5) is 45.7. The van der Waals surface area contributed by atoms with E-state index >= 15 is 0 Å². The molecule has 0 aromatic heterocycles. The zero-order chi connectivity index (χ0) is 39.3. The van der Waals surface area contributed by atoms with Crippen molar-refractivity contribution in [1.29, 1.82) is 0 Å². The highest BCUT2D eigenvalue weighted by molar-refractivity contribution is 7.47. The van der Waals surface area contributed by atoms with Gasteiger partial charge in [0.15, 0.2) is 6.10 Å². The standard InChI is InChI=1S/C41H68NO10P/c1-3-5-7-9-11-13-15-17-18-19-21-22-24-26-28-30-32-39(43)49-34-37(35-50-53(47,48)51-36-38(42)41(45)46)52-40(44)33-31-29-27-25-23-20-16-14-12-10-8-6-4-2/h6,8,10,12,14,16,18-20,23,25,27,37-38H,3-5,7,9,11,13,15,17,21-22,24,26,28-36,42H2,1-2H3,(H,45,46)(H,47,48)/b8-6+,12-10+,16-14+,19-18+,23-20+,27-25+/t37?,38-/m0/s1. The van der Waals surface area contributed by atoms with Crippen molar-refractivity contribution in [2.24, 2.45) is 5.73 Å². The Balaban J connectivity index is 4.55. The van der Waals surface area contributed by atoms with E-state index in [0.717, 1.165) is 44.9 Å². The Labute approximate surface area is 319 Å². The molecule has 0 radical (unpaired) electrons. The van der Waals surface area contributed by atoms with E-state index in [9.17, 15) is 23.8 Å². The highest BCUT2D eigenvalue weighted by Gasteiger charge is 2.28. The Morgan fingerprint density at radius 3 is 1.68 bits per heavy atom. The second-order valence-corrected chi connectivity index (χ2v) is 14.3. The lowest BCUT2D eigenvalue weighted by Gasteiger charge is -2.20. The summed E-state index contributed by atoms with van der Waals surface area (Å²) in [6.45, 7) is 2.54. The molecule has 0 aliphatic rings. The van der Waals surface area contributed by atoms with Crippen LogP contribution in [0.4, 0.5) is 0 Å². The predicted molar refractivity (Wildman–Crippen MR) is 212 cm³/mol. The van der Waals surface area contributed by atoms with Crippen molar-refractivity contribution in [3.63, 3.8) is 0 Å². The molecule has 0 amide bonds. The van der Waals surface area contributed by atoms with E-state index in [2.05, 4.69) is 36.6 Å². The van der Waals surface area contributed by atoms with Crippen LogP contribution in [0.2, 0.25) is 0 Å². The van der Waals surface area contributed by atoms with E-state index in [4.69, 9.17) is 24.8 Å². The quantitative estimate of drug-likeness (QED) is 0.0184. The molecule has 3 atom stereocenters. The van der Waals surface area contributed by atoms with Crippen LogP contribution in [-0.2, 0) is 37.5 Å². The summed E-state index contributed by atoms with van der Waals surface area (Å²) >= 11 is 0. The number of ether oxygens (including phenoxy) is 2. The number of rotatable bonds is 35.